The Balaban J connectivity index is 1.86. The topological polar surface area (TPSA) is 110 Å². The highest BCUT2D eigenvalue weighted by Crippen LogP contribution is 2.23. The van der Waals surface area contributed by atoms with Gasteiger partial charge in [-0.25, -0.2) is 26.3 Å². The largest absolute Gasteiger partial charge is 0.389 e. The van der Waals surface area contributed by atoms with Crippen LogP contribution in [0.4, 0.5) is 18.9 Å². The maximum absolute atomic E-state index is 14.7. The van der Waals surface area contributed by atoms with Gasteiger partial charge >= 0.3 is 0 Å². The summed E-state index contributed by atoms with van der Waals surface area (Å²) in [4.78, 5) is 11.5. The van der Waals surface area contributed by atoms with Crippen LogP contribution in [0.2, 0.25) is 0 Å². The number of nitrogens with zero attached hydrogens (tertiary/aromatic N) is 1. The number of ether oxygens (including phenoxy) is 1. The molecule has 2 heterocycles. The van der Waals surface area contributed by atoms with E-state index in [2.05, 4.69) is 10.0 Å². The van der Waals surface area contributed by atoms with Crippen molar-refractivity contribution in [1.82, 2.24) is 9.29 Å². The fourth-order valence-electron chi connectivity index (χ4n) is 2.70. The van der Waals surface area contributed by atoms with E-state index in [9.17, 15) is 31.5 Å². The summed E-state index contributed by atoms with van der Waals surface area (Å²) in [6, 6.07) is 1.59. The second-order valence-electron chi connectivity index (χ2n) is 6.18. The van der Waals surface area contributed by atoms with Crippen LogP contribution >= 0.6 is 0 Å². The number of hydrogen-bond donors (Lipinski definition) is 3. The molecule has 0 aliphatic carbocycles. The van der Waals surface area contributed by atoms with Crippen LogP contribution in [0.3, 0.4) is 0 Å². The van der Waals surface area contributed by atoms with E-state index in [0.29, 0.717) is 6.07 Å². The monoisotopic (exact) mass is 419 g/mol. The molecule has 1 aliphatic rings. The van der Waals surface area contributed by atoms with Crippen molar-refractivity contribution in [2.45, 2.75) is 17.0 Å². The number of rotatable bonds is 5. The van der Waals surface area contributed by atoms with Gasteiger partial charge in [0.05, 0.1) is 25.4 Å². The Morgan fingerprint density at radius 3 is 2.57 bits per heavy atom. The second-order valence-corrected chi connectivity index (χ2v) is 7.86. The Labute approximate surface area is 158 Å². The van der Waals surface area contributed by atoms with Gasteiger partial charge in [0.2, 0.25) is 10.0 Å². The first-order chi connectivity index (χ1) is 13.1. The number of halogens is 3. The predicted molar refractivity (Wildman–Crippen MR) is 90.6 cm³/mol. The molecule has 0 spiro atoms. The minimum Gasteiger partial charge on any atom is -0.389 e. The van der Waals surface area contributed by atoms with E-state index in [-0.39, 0.29) is 18.9 Å². The van der Waals surface area contributed by atoms with Crippen LogP contribution in [0.5, 0.6) is 0 Å². The molecule has 8 nitrogen and oxygen atoms in total. The Morgan fingerprint density at radius 1 is 1.25 bits per heavy atom. The van der Waals surface area contributed by atoms with Crippen molar-refractivity contribution >= 4 is 21.6 Å². The molecular formula is C16H16F3N3O5S. The smallest absolute Gasteiger partial charge is 0.275 e. The highest BCUT2D eigenvalue weighted by atomic mass is 32.2. The number of carbonyl (C=O) groups excluding carboxylic acids is 1. The lowest BCUT2D eigenvalue weighted by molar-refractivity contribution is 0.101. The summed E-state index contributed by atoms with van der Waals surface area (Å²) < 4.78 is 73.8. The summed E-state index contributed by atoms with van der Waals surface area (Å²) in [6.07, 6.45) is -0.197. The van der Waals surface area contributed by atoms with Gasteiger partial charge in [-0.05, 0) is 12.1 Å². The van der Waals surface area contributed by atoms with E-state index in [4.69, 9.17) is 4.74 Å². The number of benzene rings is 1. The Hall–Kier alpha value is -2.41. The van der Waals surface area contributed by atoms with Crippen molar-refractivity contribution in [2.75, 3.05) is 18.5 Å². The van der Waals surface area contributed by atoms with E-state index in [0.717, 1.165) is 22.9 Å². The molecule has 1 aliphatic heterocycles. The summed E-state index contributed by atoms with van der Waals surface area (Å²) in [5.74, 6) is -4.73. The van der Waals surface area contributed by atoms with Gasteiger partial charge in [0.25, 0.3) is 5.91 Å². The van der Waals surface area contributed by atoms with Crippen LogP contribution in [0.15, 0.2) is 29.3 Å². The van der Waals surface area contributed by atoms with Crippen LogP contribution in [0.1, 0.15) is 10.5 Å². The lowest BCUT2D eigenvalue weighted by Crippen LogP contribution is -2.42. The maximum atomic E-state index is 14.7. The third kappa shape index (κ3) is 3.90. The minimum atomic E-state index is -4.40. The highest BCUT2D eigenvalue weighted by molar-refractivity contribution is 7.89. The Bertz CT molecular complexity index is 1020. The molecule has 1 fully saturated rings. The van der Waals surface area contributed by atoms with Crippen molar-refractivity contribution in [1.29, 1.82) is 0 Å². The number of aryl methyl sites for hydroxylation is 1. The van der Waals surface area contributed by atoms with Gasteiger partial charge in [0.15, 0.2) is 17.5 Å². The predicted octanol–water partition coefficient (Wildman–Crippen LogP) is 0.733. The van der Waals surface area contributed by atoms with E-state index < -0.39 is 56.1 Å². The van der Waals surface area contributed by atoms with E-state index >= 15 is 0 Å². The molecule has 2 atom stereocenters. The molecule has 152 valence electrons. The lowest BCUT2D eigenvalue weighted by Gasteiger charge is -2.14. The summed E-state index contributed by atoms with van der Waals surface area (Å²) in [7, 11) is -3.16. The molecule has 1 aromatic heterocycles. The third-order valence-electron chi connectivity index (χ3n) is 4.13. The molecule has 28 heavy (non-hydrogen) atoms. The van der Waals surface area contributed by atoms with Crippen LogP contribution in [-0.4, -0.2) is 49.4 Å². The molecule has 0 saturated carbocycles. The van der Waals surface area contributed by atoms with Gasteiger partial charge in [0.1, 0.15) is 10.6 Å². The lowest BCUT2D eigenvalue weighted by atomic mass is 10.2. The zero-order chi connectivity index (χ0) is 20.6. The quantitative estimate of drug-likeness (QED) is 0.662. The first kappa shape index (κ1) is 20.3. The van der Waals surface area contributed by atoms with Crippen molar-refractivity contribution < 1.29 is 36.2 Å². The van der Waals surface area contributed by atoms with E-state index in [1.54, 1.807) is 0 Å². The molecular weight excluding hydrogens is 403 g/mol. The molecule has 3 N–H and O–H groups in total. The molecule has 1 saturated heterocycles. The molecule has 12 heteroatoms. The SMILES string of the molecule is Cn1cc(S(=O)(=O)N[C@@H]2COCC2O)c(F)c1C(=O)Nc1ccc(F)c(F)c1. The molecule has 1 unspecified atom stereocenters. The number of sulfonamides is 1. The average Bonchev–Trinajstić information content (AvgIpc) is 3.14. The van der Waals surface area contributed by atoms with E-state index in [1.165, 1.54) is 7.05 Å². The number of aromatic nitrogens is 1. The van der Waals surface area contributed by atoms with Crippen molar-refractivity contribution in [3.05, 3.63) is 47.5 Å². The Morgan fingerprint density at radius 2 is 1.96 bits per heavy atom. The zero-order valence-corrected chi connectivity index (χ0v) is 15.3. The van der Waals surface area contributed by atoms with Crippen LogP contribution in [0, 0.1) is 17.5 Å². The van der Waals surface area contributed by atoms with Crippen LogP contribution in [0.25, 0.3) is 0 Å². The summed E-state index contributed by atoms with van der Waals surface area (Å²) >= 11 is 0. The van der Waals surface area contributed by atoms with E-state index in [1.807, 2.05) is 0 Å². The molecule has 0 radical (unpaired) electrons. The molecule has 0 bridgehead atoms. The zero-order valence-electron chi connectivity index (χ0n) is 14.4. The van der Waals surface area contributed by atoms with Crippen LogP contribution in [-0.2, 0) is 21.8 Å². The van der Waals surface area contributed by atoms with Crippen molar-refractivity contribution in [2.24, 2.45) is 7.05 Å². The molecule has 3 rings (SSSR count). The van der Waals surface area contributed by atoms with Crippen molar-refractivity contribution in [3.8, 4) is 0 Å². The normalized spacial score (nSPS) is 19.8. The number of carbonyl (C=O) groups is 1. The van der Waals surface area contributed by atoms with Gasteiger partial charge in [-0.3, -0.25) is 4.79 Å². The minimum absolute atomic E-state index is 0.0632. The molecule has 2 aromatic rings. The number of aliphatic hydroxyl groups excluding tert-OH is 1. The summed E-state index contributed by atoms with van der Waals surface area (Å²) in [5.41, 5.74) is -0.772. The van der Waals surface area contributed by atoms with Gasteiger partial charge in [-0.1, -0.05) is 0 Å². The molecule has 1 aromatic carbocycles. The van der Waals surface area contributed by atoms with Gasteiger partial charge in [-0.15, -0.1) is 0 Å². The fourth-order valence-corrected chi connectivity index (χ4v) is 4.08. The van der Waals surface area contributed by atoms with Gasteiger partial charge < -0.3 is 19.7 Å². The highest BCUT2D eigenvalue weighted by Gasteiger charge is 2.34. The fraction of sp³-hybridized carbons (Fsp3) is 0.312. The summed E-state index contributed by atoms with van der Waals surface area (Å²) in [6.45, 7) is -0.148. The van der Waals surface area contributed by atoms with Gasteiger partial charge in [0, 0.05) is 25.0 Å². The number of nitrogens with one attached hydrogen (secondary N) is 2. The summed E-state index contributed by atoms with van der Waals surface area (Å²) in [5, 5.41) is 11.8. The number of aliphatic hydroxyl groups is 1. The Kier molecular flexibility index (Phi) is 5.48. The number of anilines is 1. The van der Waals surface area contributed by atoms with Gasteiger partial charge in [-0.2, -0.15) is 0 Å². The number of hydrogen-bond acceptors (Lipinski definition) is 5. The molecule has 1 amide bonds. The average molecular weight is 419 g/mol. The first-order valence-corrected chi connectivity index (χ1v) is 9.48. The maximum Gasteiger partial charge on any atom is 0.275 e. The second kappa shape index (κ2) is 7.54. The standard InChI is InChI=1S/C16H16F3N3O5S/c1-22-5-13(28(25,26)21-11-6-27-7-12(11)23)14(19)15(22)16(24)20-8-2-3-9(17)10(18)4-8/h2-5,11-12,21,23H,6-7H2,1H3,(H,20,24)/t11-,12?/m1/s1. The first-order valence-electron chi connectivity index (χ1n) is 7.99. The van der Waals surface area contributed by atoms with Crippen LogP contribution < -0.4 is 10.0 Å². The number of amides is 1. The van der Waals surface area contributed by atoms with Crippen molar-refractivity contribution in [3.63, 3.8) is 0 Å². The third-order valence-corrected chi connectivity index (χ3v) is 5.60.